The Morgan fingerprint density at radius 3 is 2.36 bits per heavy atom. The smallest absolute Gasteiger partial charge is 0.255 e. The van der Waals surface area contributed by atoms with Crippen LogP contribution in [0.2, 0.25) is 0 Å². The van der Waals surface area contributed by atoms with Crippen molar-refractivity contribution in [1.82, 2.24) is 15.1 Å². The molecule has 0 aliphatic carbocycles. The molecule has 0 radical (unpaired) electrons. The van der Waals surface area contributed by atoms with Crippen LogP contribution in [0, 0.1) is 19.7 Å². The third-order valence-electron chi connectivity index (χ3n) is 4.25. The van der Waals surface area contributed by atoms with Gasteiger partial charge in [-0.2, -0.15) is 5.10 Å². The van der Waals surface area contributed by atoms with Crippen LogP contribution in [-0.2, 0) is 0 Å². The second-order valence-electron chi connectivity index (χ2n) is 6.14. The minimum absolute atomic E-state index is 0.201. The first-order chi connectivity index (χ1) is 12.0. The molecule has 0 aliphatic rings. The van der Waals surface area contributed by atoms with Crippen LogP contribution < -0.4 is 5.32 Å². The van der Waals surface area contributed by atoms with Gasteiger partial charge in [0.15, 0.2) is 0 Å². The molecule has 5 heteroatoms. The van der Waals surface area contributed by atoms with Crippen LogP contribution in [0.4, 0.5) is 4.39 Å². The van der Waals surface area contributed by atoms with Gasteiger partial charge in [-0.05, 0) is 50.6 Å². The van der Waals surface area contributed by atoms with E-state index in [4.69, 9.17) is 0 Å². The predicted octanol–water partition coefficient (Wildman–Crippen LogP) is 4.12. The van der Waals surface area contributed by atoms with E-state index in [2.05, 4.69) is 10.4 Å². The molecule has 3 rings (SSSR count). The first kappa shape index (κ1) is 16.9. The lowest BCUT2D eigenvalue weighted by atomic mass is 10.1. The van der Waals surface area contributed by atoms with E-state index in [1.807, 2.05) is 45.0 Å². The largest absolute Gasteiger partial charge is 0.345 e. The Balaban J connectivity index is 1.79. The van der Waals surface area contributed by atoms with E-state index in [-0.39, 0.29) is 17.8 Å². The molecule has 1 atom stereocenters. The number of hydrogen-bond acceptors (Lipinski definition) is 2. The molecule has 0 saturated carbocycles. The number of aromatic nitrogens is 2. The highest BCUT2D eigenvalue weighted by atomic mass is 19.1. The molecule has 0 aliphatic heterocycles. The summed E-state index contributed by atoms with van der Waals surface area (Å²) in [5.41, 5.74) is 4.22. The zero-order valence-corrected chi connectivity index (χ0v) is 14.5. The fourth-order valence-electron chi connectivity index (χ4n) is 2.69. The number of halogens is 1. The van der Waals surface area contributed by atoms with Crippen molar-refractivity contribution in [2.45, 2.75) is 26.8 Å². The van der Waals surface area contributed by atoms with E-state index >= 15 is 0 Å². The standard InChI is InChI=1S/C20H20FN3O/c1-13-4-10-18(11-5-13)24-15(3)19(12-22-24)20(25)23-14(2)16-6-8-17(21)9-7-16/h4-12,14H,1-3H3,(H,23,25)/t14-/m1/s1. The zero-order chi connectivity index (χ0) is 18.0. The SMILES string of the molecule is Cc1ccc(-n2ncc(C(=O)N[C@H](C)c3ccc(F)cc3)c2C)cc1. The number of carbonyl (C=O) groups is 1. The van der Waals surface area contributed by atoms with Crippen molar-refractivity contribution in [3.8, 4) is 5.69 Å². The Labute approximate surface area is 146 Å². The molecular formula is C20H20FN3O. The summed E-state index contributed by atoms with van der Waals surface area (Å²) in [6, 6.07) is 13.8. The van der Waals surface area contributed by atoms with Gasteiger partial charge in [0.25, 0.3) is 5.91 Å². The summed E-state index contributed by atoms with van der Waals surface area (Å²) in [4.78, 5) is 12.6. The summed E-state index contributed by atoms with van der Waals surface area (Å²) in [7, 11) is 0. The molecule has 3 aromatic rings. The highest BCUT2D eigenvalue weighted by Gasteiger charge is 2.17. The van der Waals surface area contributed by atoms with Gasteiger partial charge in [-0.1, -0.05) is 29.8 Å². The molecule has 128 valence electrons. The Morgan fingerprint density at radius 1 is 1.08 bits per heavy atom. The monoisotopic (exact) mass is 337 g/mol. The van der Waals surface area contributed by atoms with Crippen LogP contribution in [0.15, 0.2) is 54.7 Å². The minimum atomic E-state index is -0.294. The van der Waals surface area contributed by atoms with E-state index in [9.17, 15) is 9.18 Å². The third-order valence-corrected chi connectivity index (χ3v) is 4.25. The van der Waals surface area contributed by atoms with Crippen LogP contribution in [0.3, 0.4) is 0 Å². The van der Waals surface area contributed by atoms with Crippen molar-refractivity contribution in [3.63, 3.8) is 0 Å². The average molecular weight is 337 g/mol. The van der Waals surface area contributed by atoms with Gasteiger partial charge in [-0.15, -0.1) is 0 Å². The normalized spacial score (nSPS) is 12.0. The van der Waals surface area contributed by atoms with E-state index in [0.717, 1.165) is 16.9 Å². The maximum absolute atomic E-state index is 13.0. The number of carbonyl (C=O) groups excluding carboxylic acids is 1. The summed E-state index contributed by atoms with van der Waals surface area (Å²) in [6.07, 6.45) is 1.57. The molecule has 2 aromatic carbocycles. The molecule has 1 amide bonds. The summed E-state index contributed by atoms with van der Waals surface area (Å²) < 4.78 is 14.8. The Kier molecular flexibility index (Phi) is 4.65. The van der Waals surface area contributed by atoms with Gasteiger partial charge >= 0.3 is 0 Å². The van der Waals surface area contributed by atoms with Crippen LogP contribution in [0.5, 0.6) is 0 Å². The summed E-state index contributed by atoms with van der Waals surface area (Å²) in [6.45, 7) is 5.75. The maximum Gasteiger partial charge on any atom is 0.255 e. The number of nitrogens with zero attached hydrogens (tertiary/aromatic N) is 2. The molecule has 0 saturated heterocycles. The number of hydrogen-bond donors (Lipinski definition) is 1. The van der Waals surface area contributed by atoms with Crippen molar-refractivity contribution in [1.29, 1.82) is 0 Å². The predicted molar refractivity (Wildman–Crippen MR) is 95.3 cm³/mol. The molecule has 0 bridgehead atoms. The molecule has 1 N–H and O–H groups in total. The minimum Gasteiger partial charge on any atom is -0.345 e. The fourth-order valence-corrected chi connectivity index (χ4v) is 2.69. The van der Waals surface area contributed by atoms with Crippen molar-refractivity contribution in [2.24, 2.45) is 0 Å². The van der Waals surface area contributed by atoms with Crippen LogP contribution >= 0.6 is 0 Å². The molecular weight excluding hydrogens is 317 g/mol. The molecule has 4 nitrogen and oxygen atoms in total. The average Bonchev–Trinajstić information content (AvgIpc) is 2.98. The van der Waals surface area contributed by atoms with Gasteiger partial charge in [-0.3, -0.25) is 4.79 Å². The highest BCUT2D eigenvalue weighted by Crippen LogP contribution is 2.17. The molecule has 0 fully saturated rings. The van der Waals surface area contributed by atoms with Gasteiger partial charge in [0, 0.05) is 0 Å². The number of aryl methyl sites for hydroxylation is 1. The Bertz CT molecular complexity index is 882. The first-order valence-corrected chi connectivity index (χ1v) is 8.13. The van der Waals surface area contributed by atoms with Gasteiger partial charge in [0.05, 0.1) is 29.2 Å². The highest BCUT2D eigenvalue weighted by molar-refractivity contribution is 5.95. The molecule has 1 aromatic heterocycles. The van der Waals surface area contributed by atoms with Crippen LogP contribution in [-0.4, -0.2) is 15.7 Å². The Morgan fingerprint density at radius 2 is 1.72 bits per heavy atom. The van der Waals surface area contributed by atoms with E-state index < -0.39 is 0 Å². The van der Waals surface area contributed by atoms with E-state index in [1.165, 1.54) is 17.7 Å². The lowest BCUT2D eigenvalue weighted by Crippen LogP contribution is -2.27. The zero-order valence-electron chi connectivity index (χ0n) is 14.5. The topological polar surface area (TPSA) is 46.9 Å². The van der Waals surface area contributed by atoms with Gasteiger partial charge in [-0.25, -0.2) is 9.07 Å². The molecule has 1 heterocycles. The summed E-state index contributed by atoms with van der Waals surface area (Å²) >= 11 is 0. The lowest BCUT2D eigenvalue weighted by molar-refractivity contribution is 0.0939. The Hall–Kier alpha value is -2.95. The van der Waals surface area contributed by atoms with E-state index in [0.29, 0.717) is 5.56 Å². The van der Waals surface area contributed by atoms with Crippen LogP contribution in [0.1, 0.15) is 40.1 Å². The molecule has 0 unspecified atom stereocenters. The van der Waals surface area contributed by atoms with Gasteiger partial charge in [0.1, 0.15) is 5.82 Å². The van der Waals surface area contributed by atoms with Crippen molar-refractivity contribution >= 4 is 5.91 Å². The quantitative estimate of drug-likeness (QED) is 0.778. The maximum atomic E-state index is 13.0. The van der Waals surface area contributed by atoms with Crippen molar-refractivity contribution in [3.05, 3.63) is 82.9 Å². The third kappa shape index (κ3) is 3.60. The second kappa shape index (κ2) is 6.89. The summed E-state index contributed by atoms with van der Waals surface area (Å²) in [5, 5.41) is 7.27. The summed E-state index contributed by atoms with van der Waals surface area (Å²) in [5.74, 6) is -0.495. The lowest BCUT2D eigenvalue weighted by Gasteiger charge is -2.14. The number of benzene rings is 2. The number of amides is 1. The van der Waals surface area contributed by atoms with Crippen LogP contribution in [0.25, 0.3) is 5.69 Å². The molecule has 25 heavy (non-hydrogen) atoms. The number of rotatable bonds is 4. The molecule has 0 spiro atoms. The van der Waals surface area contributed by atoms with Crippen molar-refractivity contribution in [2.75, 3.05) is 0 Å². The second-order valence-corrected chi connectivity index (χ2v) is 6.14. The van der Waals surface area contributed by atoms with Crippen molar-refractivity contribution < 1.29 is 9.18 Å². The van der Waals surface area contributed by atoms with Gasteiger partial charge in [0.2, 0.25) is 0 Å². The first-order valence-electron chi connectivity index (χ1n) is 8.13. The number of nitrogens with one attached hydrogen (secondary N) is 1. The fraction of sp³-hybridized carbons (Fsp3) is 0.200. The van der Waals surface area contributed by atoms with E-state index in [1.54, 1.807) is 23.0 Å². The van der Waals surface area contributed by atoms with Gasteiger partial charge < -0.3 is 5.32 Å².